The van der Waals surface area contributed by atoms with Gasteiger partial charge in [-0.3, -0.25) is 9.59 Å². The Balaban J connectivity index is 1.30. The van der Waals surface area contributed by atoms with E-state index >= 15 is 0 Å². The third kappa shape index (κ3) is 5.47. The third-order valence-electron chi connectivity index (χ3n) is 7.41. The van der Waals surface area contributed by atoms with E-state index in [1.165, 1.54) is 11.1 Å². The Bertz CT molecular complexity index is 977. The summed E-state index contributed by atoms with van der Waals surface area (Å²) < 4.78 is 0. The largest absolute Gasteiger partial charge is 0.369 e. The lowest BCUT2D eigenvalue weighted by Gasteiger charge is -2.30. The number of carbonyl (C=O) groups is 2. The summed E-state index contributed by atoms with van der Waals surface area (Å²) in [5.41, 5.74) is 9.66. The van der Waals surface area contributed by atoms with E-state index < -0.39 is 0 Å². The summed E-state index contributed by atoms with van der Waals surface area (Å²) >= 11 is 0. The average molecular weight is 448 g/mol. The second kappa shape index (κ2) is 9.30. The summed E-state index contributed by atoms with van der Waals surface area (Å²) in [4.78, 5) is 26.8. The van der Waals surface area contributed by atoms with Gasteiger partial charge in [-0.25, -0.2) is 0 Å². The van der Waals surface area contributed by atoms with Crippen LogP contribution in [0.1, 0.15) is 63.1 Å². The van der Waals surface area contributed by atoms with E-state index in [0.29, 0.717) is 0 Å². The lowest BCUT2D eigenvalue weighted by molar-refractivity contribution is -0.123. The molecule has 2 aromatic carbocycles. The Morgan fingerprint density at radius 1 is 1.00 bits per heavy atom. The molecule has 3 N–H and O–H groups in total. The highest BCUT2D eigenvalue weighted by atomic mass is 16.2. The Morgan fingerprint density at radius 3 is 2.12 bits per heavy atom. The summed E-state index contributed by atoms with van der Waals surface area (Å²) in [7, 11) is 0. The standard InChI is InChI=1S/C28H37N3O2/c1-27(2,3)22-6-8-23(9-7-22)28(15-16-28)26(33)30-24-10-4-20(5-11-24)12-17-31-18-13-21(14-19-31)25(29)32/h4-11,21H,12-19H2,1-3H3,(H2,29,32)(H,30,33). The summed E-state index contributed by atoms with van der Waals surface area (Å²) in [5, 5.41) is 3.14. The van der Waals surface area contributed by atoms with E-state index in [9.17, 15) is 9.59 Å². The van der Waals surface area contributed by atoms with Gasteiger partial charge >= 0.3 is 0 Å². The van der Waals surface area contributed by atoms with Gasteiger partial charge in [-0.05, 0) is 79.4 Å². The van der Waals surface area contributed by atoms with Gasteiger partial charge in [0, 0.05) is 18.2 Å². The molecule has 176 valence electrons. The van der Waals surface area contributed by atoms with Crippen LogP contribution in [0.4, 0.5) is 5.69 Å². The van der Waals surface area contributed by atoms with Gasteiger partial charge in [0.05, 0.1) is 5.41 Å². The van der Waals surface area contributed by atoms with Crippen LogP contribution < -0.4 is 11.1 Å². The van der Waals surface area contributed by atoms with Gasteiger partial charge in [0.2, 0.25) is 11.8 Å². The van der Waals surface area contributed by atoms with Crippen molar-refractivity contribution in [3.05, 3.63) is 65.2 Å². The fourth-order valence-corrected chi connectivity index (χ4v) is 4.79. The first-order valence-corrected chi connectivity index (χ1v) is 12.2. The zero-order chi connectivity index (χ0) is 23.6. The maximum absolute atomic E-state index is 13.1. The van der Waals surface area contributed by atoms with Crippen molar-refractivity contribution in [1.29, 1.82) is 0 Å². The molecule has 2 amide bonds. The molecule has 2 fully saturated rings. The molecule has 1 aliphatic heterocycles. The minimum atomic E-state index is -0.383. The summed E-state index contributed by atoms with van der Waals surface area (Å²) in [6.45, 7) is 9.46. The Morgan fingerprint density at radius 2 is 1.61 bits per heavy atom. The van der Waals surface area contributed by atoms with Crippen LogP contribution in [0.5, 0.6) is 0 Å². The molecule has 1 saturated heterocycles. The van der Waals surface area contributed by atoms with Crippen molar-refractivity contribution in [3.63, 3.8) is 0 Å². The molecule has 2 aromatic rings. The smallest absolute Gasteiger partial charge is 0.235 e. The second-order valence-electron chi connectivity index (χ2n) is 10.8. The number of primary amides is 1. The quantitative estimate of drug-likeness (QED) is 0.661. The Kier molecular flexibility index (Phi) is 6.62. The number of anilines is 1. The maximum atomic E-state index is 13.1. The average Bonchev–Trinajstić information content (AvgIpc) is 3.61. The Hall–Kier alpha value is -2.66. The number of hydrogen-bond donors (Lipinski definition) is 2. The lowest BCUT2D eigenvalue weighted by Crippen LogP contribution is -2.39. The molecule has 0 radical (unpaired) electrons. The van der Waals surface area contributed by atoms with Crippen LogP contribution in [0, 0.1) is 5.92 Å². The van der Waals surface area contributed by atoms with Crippen LogP contribution >= 0.6 is 0 Å². The first-order chi connectivity index (χ1) is 15.7. The lowest BCUT2D eigenvalue weighted by atomic mass is 9.85. The molecule has 0 aromatic heterocycles. The van der Waals surface area contributed by atoms with Crippen molar-refractivity contribution >= 4 is 17.5 Å². The summed E-state index contributed by atoms with van der Waals surface area (Å²) in [5.74, 6) is -0.0337. The van der Waals surface area contributed by atoms with E-state index in [2.05, 4.69) is 67.4 Å². The number of nitrogens with zero attached hydrogens (tertiary/aromatic N) is 1. The number of amides is 2. The van der Waals surface area contributed by atoms with E-state index in [-0.39, 0.29) is 28.6 Å². The van der Waals surface area contributed by atoms with Crippen LogP contribution in [0.25, 0.3) is 0 Å². The molecule has 5 nitrogen and oxygen atoms in total. The van der Waals surface area contributed by atoms with Gasteiger partial charge in [-0.2, -0.15) is 0 Å². The van der Waals surface area contributed by atoms with Crippen LogP contribution in [-0.4, -0.2) is 36.3 Å². The molecule has 4 rings (SSSR count). The molecule has 1 aliphatic carbocycles. The minimum absolute atomic E-state index is 0.0373. The van der Waals surface area contributed by atoms with Crippen molar-refractivity contribution < 1.29 is 9.59 Å². The van der Waals surface area contributed by atoms with Gasteiger partial charge < -0.3 is 16.0 Å². The number of hydrogen-bond acceptors (Lipinski definition) is 3. The SMILES string of the molecule is CC(C)(C)c1ccc(C2(C(=O)Nc3ccc(CCN4CCC(C(N)=O)CC4)cc3)CC2)cc1. The van der Waals surface area contributed by atoms with Crippen LogP contribution in [0.15, 0.2) is 48.5 Å². The molecule has 0 unspecified atom stereocenters. The first kappa shape index (κ1) is 23.5. The highest BCUT2D eigenvalue weighted by molar-refractivity contribution is 6.01. The normalized spacial score (nSPS) is 18.6. The van der Waals surface area contributed by atoms with Crippen molar-refractivity contribution in [3.8, 4) is 0 Å². The van der Waals surface area contributed by atoms with E-state index in [1.54, 1.807) is 0 Å². The van der Waals surface area contributed by atoms with Crippen LogP contribution in [-0.2, 0) is 26.8 Å². The summed E-state index contributed by atoms with van der Waals surface area (Å²) in [6.07, 6.45) is 4.48. The van der Waals surface area contributed by atoms with Crippen molar-refractivity contribution in [1.82, 2.24) is 4.90 Å². The van der Waals surface area contributed by atoms with E-state index in [0.717, 1.165) is 63.0 Å². The number of nitrogens with one attached hydrogen (secondary N) is 1. The van der Waals surface area contributed by atoms with Gasteiger partial charge in [-0.1, -0.05) is 57.2 Å². The van der Waals surface area contributed by atoms with E-state index in [1.807, 2.05) is 12.1 Å². The monoisotopic (exact) mass is 447 g/mol. The minimum Gasteiger partial charge on any atom is -0.369 e. The van der Waals surface area contributed by atoms with Crippen molar-refractivity contribution in [2.24, 2.45) is 11.7 Å². The fraction of sp³-hybridized carbons (Fsp3) is 0.500. The van der Waals surface area contributed by atoms with Gasteiger partial charge in [0.15, 0.2) is 0 Å². The van der Waals surface area contributed by atoms with Gasteiger partial charge in [0.1, 0.15) is 0 Å². The molecular formula is C28H37N3O2. The molecule has 33 heavy (non-hydrogen) atoms. The molecule has 5 heteroatoms. The zero-order valence-corrected chi connectivity index (χ0v) is 20.2. The molecule has 0 atom stereocenters. The maximum Gasteiger partial charge on any atom is 0.235 e. The molecular weight excluding hydrogens is 410 g/mol. The number of piperidine rings is 1. The number of benzene rings is 2. The van der Waals surface area contributed by atoms with E-state index in [4.69, 9.17) is 5.73 Å². The molecule has 1 saturated carbocycles. The molecule has 1 heterocycles. The van der Waals surface area contributed by atoms with Crippen molar-refractivity contribution in [2.75, 3.05) is 25.0 Å². The van der Waals surface area contributed by atoms with Gasteiger partial charge in [0.25, 0.3) is 0 Å². The first-order valence-electron chi connectivity index (χ1n) is 12.2. The fourth-order valence-electron chi connectivity index (χ4n) is 4.79. The summed E-state index contributed by atoms with van der Waals surface area (Å²) in [6, 6.07) is 16.8. The number of rotatable bonds is 7. The Labute approximate surface area is 197 Å². The third-order valence-corrected chi connectivity index (χ3v) is 7.41. The number of likely N-dealkylation sites (tertiary alicyclic amines) is 1. The highest BCUT2D eigenvalue weighted by Gasteiger charge is 2.51. The van der Waals surface area contributed by atoms with Crippen LogP contribution in [0.3, 0.4) is 0 Å². The van der Waals surface area contributed by atoms with Gasteiger partial charge in [-0.15, -0.1) is 0 Å². The van der Waals surface area contributed by atoms with Crippen molar-refractivity contribution in [2.45, 2.75) is 63.7 Å². The topological polar surface area (TPSA) is 75.4 Å². The molecule has 0 spiro atoms. The predicted octanol–water partition coefficient (Wildman–Crippen LogP) is 4.39. The van der Waals surface area contributed by atoms with Crippen LogP contribution in [0.2, 0.25) is 0 Å². The molecule has 2 aliphatic rings. The predicted molar refractivity (Wildman–Crippen MR) is 133 cm³/mol. The number of nitrogens with two attached hydrogens (primary N) is 1. The second-order valence-corrected chi connectivity index (χ2v) is 10.8. The molecule has 0 bridgehead atoms. The zero-order valence-electron chi connectivity index (χ0n) is 20.2. The highest BCUT2D eigenvalue weighted by Crippen LogP contribution is 2.49. The number of carbonyl (C=O) groups excluding carboxylic acids is 2.